The number of nitrogens with zero attached hydrogens (tertiary/aromatic N) is 1. The van der Waals surface area contributed by atoms with Crippen LogP contribution in [0, 0.1) is 5.41 Å². The third-order valence-corrected chi connectivity index (χ3v) is 5.51. The van der Waals surface area contributed by atoms with Crippen LogP contribution in [-0.2, 0) is 10.0 Å². The summed E-state index contributed by atoms with van der Waals surface area (Å²) in [6.45, 7) is 4.35. The SMILES string of the molecule is CCC(CC(C)c1ccc(S(=O)(=O)N=C=N)cc1)c1ccccc1. The predicted octanol–water partition coefficient (Wildman–Crippen LogP) is 4.82. The van der Waals surface area contributed by atoms with Crippen molar-refractivity contribution in [2.45, 2.75) is 43.4 Å². The Hall–Kier alpha value is -2.23. The number of sulfonamides is 1. The quantitative estimate of drug-likeness (QED) is 0.733. The van der Waals surface area contributed by atoms with E-state index in [1.807, 2.05) is 18.2 Å². The molecule has 0 fully saturated rings. The smallest absolute Gasteiger partial charge is 0.241 e. The lowest BCUT2D eigenvalue weighted by atomic mass is 9.85. The topological polar surface area (TPSA) is 70.3 Å². The van der Waals surface area contributed by atoms with Crippen LogP contribution in [0.2, 0.25) is 0 Å². The highest BCUT2D eigenvalue weighted by Gasteiger charge is 2.17. The maximum absolute atomic E-state index is 11.8. The number of hydrogen-bond acceptors (Lipinski definition) is 3. The van der Waals surface area contributed by atoms with Gasteiger partial charge in [0.25, 0.3) is 10.0 Å². The van der Waals surface area contributed by atoms with Gasteiger partial charge in [-0.2, -0.15) is 8.42 Å². The first-order chi connectivity index (χ1) is 11.5. The van der Waals surface area contributed by atoms with Crippen molar-refractivity contribution in [1.82, 2.24) is 0 Å². The standard InChI is InChI=1S/C19H22N2O2S/c1-3-16(18-7-5-4-6-8-18)13-15(2)17-9-11-19(12-10-17)24(22,23)21-14-20/h4-12,15-16,20H,3,13H2,1-2H3. The average Bonchev–Trinajstić information content (AvgIpc) is 2.60. The van der Waals surface area contributed by atoms with Crippen LogP contribution in [0.1, 0.15) is 49.7 Å². The van der Waals surface area contributed by atoms with Gasteiger partial charge in [0.15, 0.2) is 0 Å². The van der Waals surface area contributed by atoms with Crippen LogP contribution in [0.3, 0.4) is 0 Å². The van der Waals surface area contributed by atoms with Crippen molar-refractivity contribution in [2.75, 3.05) is 0 Å². The molecule has 0 heterocycles. The van der Waals surface area contributed by atoms with E-state index in [9.17, 15) is 8.42 Å². The molecule has 2 unspecified atom stereocenters. The van der Waals surface area contributed by atoms with Crippen LogP contribution >= 0.6 is 0 Å². The van der Waals surface area contributed by atoms with E-state index in [0.717, 1.165) is 18.4 Å². The lowest BCUT2D eigenvalue weighted by Gasteiger charge is -2.20. The molecule has 0 bridgehead atoms. The summed E-state index contributed by atoms with van der Waals surface area (Å²) in [7, 11) is -3.80. The zero-order valence-corrected chi connectivity index (χ0v) is 14.8. The van der Waals surface area contributed by atoms with Crippen molar-refractivity contribution in [3.63, 3.8) is 0 Å². The van der Waals surface area contributed by atoms with E-state index < -0.39 is 10.0 Å². The Morgan fingerprint density at radius 3 is 2.21 bits per heavy atom. The highest BCUT2D eigenvalue weighted by Crippen LogP contribution is 2.32. The van der Waals surface area contributed by atoms with Gasteiger partial charge in [-0.3, -0.25) is 0 Å². The van der Waals surface area contributed by atoms with Gasteiger partial charge in [-0.25, -0.2) is 5.41 Å². The summed E-state index contributed by atoms with van der Waals surface area (Å²) < 4.78 is 26.6. The summed E-state index contributed by atoms with van der Waals surface area (Å²) in [5.74, 6) is 0.797. The van der Waals surface area contributed by atoms with Crippen LogP contribution in [0.5, 0.6) is 0 Å². The molecule has 0 saturated carbocycles. The van der Waals surface area contributed by atoms with Crippen LogP contribution < -0.4 is 0 Å². The van der Waals surface area contributed by atoms with Gasteiger partial charge in [-0.15, -0.1) is 0 Å². The molecule has 0 radical (unpaired) electrons. The van der Waals surface area contributed by atoms with Crippen LogP contribution in [0.15, 0.2) is 63.9 Å². The third kappa shape index (κ3) is 4.40. The van der Waals surface area contributed by atoms with Crippen molar-refractivity contribution < 1.29 is 8.42 Å². The molecule has 2 aromatic carbocycles. The maximum atomic E-state index is 11.8. The second kappa shape index (κ2) is 8.04. The lowest BCUT2D eigenvalue weighted by Crippen LogP contribution is -2.04. The summed E-state index contributed by atoms with van der Waals surface area (Å²) in [4.78, 5) is 0.0910. The summed E-state index contributed by atoms with van der Waals surface area (Å²) in [6.07, 6.45) is 2.07. The molecule has 5 heteroatoms. The van der Waals surface area contributed by atoms with Crippen LogP contribution in [0.4, 0.5) is 0 Å². The Bertz CT molecular complexity index is 808. The Morgan fingerprint density at radius 1 is 1.04 bits per heavy atom. The molecule has 24 heavy (non-hydrogen) atoms. The second-order valence-corrected chi connectivity index (χ2v) is 7.50. The van der Waals surface area contributed by atoms with E-state index >= 15 is 0 Å². The lowest BCUT2D eigenvalue weighted by molar-refractivity contribution is 0.544. The first-order valence-corrected chi connectivity index (χ1v) is 9.45. The van der Waals surface area contributed by atoms with Gasteiger partial charge in [0.1, 0.15) is 6.01 Å². The van der Waals surface area contributed by atoms with Crippen molar-refractivity contribution >= 4 is 16.0 Å². The normalized spacial score (nSPS) is 13.8. The highest BCUT2D eigenvalue weighted by molar-refractivity contribution is 7.90. The number of rotatable bonds is 7. The summed E-state index contributed by atoms with van der Waals surface area (Å²) in [5, 5.41) is 6.70. The predicted molar refractivity (Wildman–Crippen MR) is 96.3 cm³/mol. The number of nitrogens with one attached hydrogen (secondary N) is 1. The Labute approximate surface area is 143 Å². The van der Waals surface area contributed by atoms with Crippen molar-refractivity contribution in [3.05, 3.63) is 65.7 Å². The van der Waals surface area contributed by atoms with Gasteiger partial charge >= 0.3 is 0 Å². The van der Waals surface area contributed by atoms with Crippen molar-refractivity contribution in [1.29, 1.82) is 5.41 Å². The summed E-state index contributed by atoms with van der Waals surface area (Å²) >= 11 is 0. The van der Waals surface area contributed by atoms with Gasteiger partial charge in [0, 0.05) is 0 Å². The zero-order chi connectivity index (χ0) is 17.6. The average molecular weight is 342 g/mol. The highest BCUT2D eigenvalue weighted by atomic mass is 32.2. The van der Waals surface area contributed by atoms with Gasteiger partial charge in [-0.1, -0.05) is 60.7 Å². The van der Waals surface area contributed by atoms with Crippen molar-refractivity contribution in [3.8, 4) is 0 Å². The van der Waals surface area contributed by atoms with Crippen LogP contribution in [-0.4, -0.2) is 14.4 Å². The van der Waals surface area contributed by atoms with E-state index in [0.29, 0.717) is 11.8 Å². The van der Waals surface area contributed by atoms with Gasteiger partial charge in [-0.05, 0) is 47.9 Å². The molecular weight excluding hydrogens is 320 g/mol. The van der Waals surface area contributed by atoms with E-state index in [-0.39, 0.29) is 4.90 Å². The minimum atomic E-state index is -3.80. The zero-order valence-electron chi connectivity index (χ0n) is 13.9. The molecule has 1 N–H and O–H groups in total. The summed E-state index contributed by atoms with van der Waals surface area (Å²) in [6, 6.07) is 18.8. The fraction of sp³-hybridized carbons (Fsp3) is 0.316. The molecule has 0 spiro atoms. The Kier molecular flexibility index (Phi) is 6.07. The molecule has 2 atom stereocenters. The Morgan fingerprint density at radius 2 is 1.67 bits per heavy atom. The van der Waals surface area contributed by atoms with E-state index in [2.05, 4.69) is 42.5 Å². The first-order valence-electron chi connectivity index (χ1n) is 8.01. The second-order valence-electron chi connectivity index (χ2n) is 5.90. The van der Waals surface area contributed by atoms with E-state index in [1.54, 1.807) is 18.1 Å². The molecule has 2 rings (SSSR count). The molecule has 0 saturated heterocycles. The molecule has 0 aliphatic rings. The molecule has 0 aliphatic heterocycles. The Balaban J connectivity index is 2.15. The molecular formula is C19H22N2O2S. The van der Waals surface area contributed by atoms with Crippen LogP contribution in [0.25, 0.3) is 0 Å². The third-order valence-electron chi connectivity index (χ3n) is 4.31. The minimum absolute atomic E-state index is 0.0910. The molecule has 126 valence electrons. The molecule has 0 amide bonds. The first kappa shape index (κ1) is 18.1. The van der Waals surface area contributed by atoms with Gasteiger partial charge < -0.3 is 0 Å². The minimum Gasteiger partial charge on any atom is -0.241 e. The maximum Gasteiger partial charge on any atom is 0.291 e. The van der Waals surface area contributed by atoms with Gasteiger partial charge in [0.05, 0.1) is 4.90 Å². The molecule has 2 aromatic rings. The van der Waals surface area contributed by atoms with Gasteiger partial charge in [0.2, 0.25) is 0 Å². The molecule has 4 nitrogen and oxygen atoms in total. The van der Waals surface area contributed by atoms with Crippen molar-refractivity contribution in [2.24, 2.45) is 4.40 Å². The summed E-state index contributed by atoms with van der Waals surface area (Å²) in [5.41, 5.74) is 2.44. The number of benzene rings is 2. The van der Waals surface area contributed by atoms with E-state index in [4.69, 9.17) is 5.41 Å². The molecule has 0 aromatic heterocycles. The largest absolute Gasteiger partial charge is 0.291 e. The fourth-order valence-electron chi connectivity index (χ4n) is 2.91. The fourth-order valence-corrected chi connectivity index (χ4v) is 3.61. The number of hydrogen-bond donors (Lipinski definition) is 1. The monoisotopic (exact) mass is 342 g/mol. The molecule has 0 aliphatic carbocycles. The van der Waals surface area contributed by atoms with E-state index in [1.165, 1.54) is 5.56 Å².